The minimum absolute atomic E-state index is 0.0136. The zero-order chi connectivity index (χ0) is 35.1. The minimum atomic E-state index is -1.17. The van der Waals surface area contributed by atoms with Crippen LogP contribution in [-0.2, 0) is 34.8 Å². The number of halogens is 1. The van der Waals surface area contributed by atoms with Crippen LogP contribution in [0.5, 0.6) is 5.75 Å². The molecule has 1 saturated carbocycles. The predicted molar refractivity (Wildman–Crippen MR) is 180 cm³/mol. The summed E-state index contributed by atoms with van der Waals surface area (Å²) >= 11 is 0. The second kappa shape index (κ2) is 13.4. The molecule has 49 heavy (non-hydrogen) atoms. The Morgan fingerprint density at radius 2 is 1.61 bits per heavy atom. The van der Waals surface area contributed by atoms with Crippen LogP contribution in [0.25, 0.3) is 0 Å². The number of hydrogen-bond acceptors (Lipinski definition) is 8. The van der Waals surface area contributed by atoms with Crippen LogP contribution in [0.3, 0.4) is 0 Å². The molecule has 7 rings (SSSR count). The van der Waals surface area contributed by atoms with E-state index in [0.717, 1.165) is 32.7 Å². The molecule has 13 heteroatoms. The maximum absolute atomic E-state index is 14.1. The lowest BCUT2D eigenvalue weighted by atomic mass is 9.71. The number of amides is 3. The van der Waals surface area contributed by atoms with Crippen LogP contribution in [0, 0.1) is 12.7 Å². The number of carbonyl (C=O) groups is 3. The smallest absolute Gasteiger partial charge is 0.312 e. The van der Waals surface area contributed by atoms with E-state index in [2.05, 4.69) is 32.2 Å². The molecule has 0 atom stereocenters. The van der Waals surface area contributed by atoms with Gasteiger partial charge in [0.1, 0.15) is 17.2 Å². The molecule has 1 aliphatic carbocycles. The molecule has 4 aliphatic rings. The number of fused-ring (bicyclic) bond motifs is 2. The van der Waals surface area contributed by atoms with Crippen LogP contribution in [-0.4, -0.2) is 105 Å². The maximum atomic E-state index is 14.1. The number of nitrogens with one attached hydrogen (secondary N) is 1. The largest absolute Gasteiger partial charge is 0.501 e. The van der Waals surface area contributed by atoms with Crippen molar-refractivity contribution in [3.8, 4) is 5.75 Å². The van der Waals surface area contributed by atoms with Gasteiger partial charge in [-0.05, 0) is 55.4 Å². The number of piperazine rings is 1. The van der Waals surface area contributed by atoms with Gasteiger partial charge in [-0.2, -0.15) is 0 Å². The van der Waals surface area contributed by atoms with Crippen LogP contribution in [0.2, 0.25) is 0 Å². The van der Waals surface area contributed by atoms with Crippen molar-refractivity contribution in [2.24, 2.45) is 0 Å². The van der Waals surface area contributed by atoms with Crippen molar-refractivity contribution in [2.75, 3.05) is 47.3 Å². The number of hydrogen-bond donors (Lipinski definition) is 2. The van der Waals surface area contributed by atoms with Gasteiger partial charge in [0.15, 0.2) is 5.69 Å². The number of nitrogens with zero attached hydrogens (tertiary/aromatic N) is 6. The van der Waals surface area contributed by atoms with Gasteiger partial charge >= 0.3 is 11.8 Å². The van der Waals surface area contributed by atoms with Crippen LogP contribution in [0.1, 0.15) is 58.7 Å². The van der Waals surface area contributed by atoms with Gasteiger partial charge < -0.3 is 20.2 Å². The normalized spacial score (nSPS) is 22.2. The second-order valence-corrected chi connectivity index (χ2v) is 13.9. The van der Waals surface area contributed by atoms with Gasteiger partial charge in [-0.3, -0.25) is 33.5 Å². The lowest BCUT2D eigenvalue weighted by Gasteiger charge is -2.52. The first kappa shape index (κ1) is 34.3. The van der Waals surface area contributed by atoms with Crippen molar-refractivity contribution >= 4 is 17.7 Å². The Balaban J connectivity index is 1.33. The van der Waals surface area contributed by atoms with Gasteiger partial charge in [0.2, 0.25) is 5.75 Å². The van der Waals surface area contributed by atoms with Crippen molar-refractivity contribution in [1.82, 2.24) is 34.5 Å². The SMILES string of the molecule is Cc1cc(CNC(=O)c2nc3n(c(=O)c2O)CC2(N4CCN(Cc5ccccc5)CC4)CCC3(N(C)C(=O)C(=O)N(C)C)CC2)ccc1F. The Kier molecular flexibility index (Phi) is 9.34. The predicted octanol–water partition coefficient (Wildman–Crippen LogP) is 2.21. The van der Waals surface area contributed by atoms with Gasteiger partial charge in [0.25, 0.3) is 11.5 Å². The number of aromatic hydroxyl groups is 1. The Hall–Kier alpha value is -4.62. The third-order valence-corrected chi connectivity index (χ3v) is 10.7. The molecule has 2 bridgehead atoms. The van der Waals surface area contributed by atoms with E-state index in [1.165, 1.54) is 40.1 Å². The van der Waals surface area contributed by atoms with Crippen molar-refractivity contribution in [3.05, 3.63) is 92.9 Å². The molecule has 260 valence electrons. The van der Waals surface area contributed by atoms with Crippen LogP contribution >= 0.6 is 0 Å². The maximum Gasteiger partial charge on any atom is 0.312 e. The molecule has 12 nitrogen and oxygen atoms in total. The Morgan fingerprint density at radius 1 is 0.939 bits per heavy atom. The van der Waals surface area contributed by atoms with E-state index in [0.29, 0.717) is 36.8 Å². The summed E-state index contributed by atoms with van der Waals surface area (Å²) in [7, 11) is 4.55. The number of aromatic nitrogens is 2. The molecule has 4 heterocycles. The highest BCUT2D eigenvalue weighted by atomic mass is 19.1. The van der Waals surface area contributed by atoms with Gasteiger partial charge in [-0.25, -0.2) is 9.37 Å². The summed E-state index contributed by atoms with van der Waals surface area (Å²) in [5.74, 6) is -3.21. The quantitative estimate of drug-likeness (QED) is 0.366. The van der Waals surface area contributed by atoms with Gasteiger partial charge in [0, 0.05) is 72.5 Å². The highest BCUT2D eigenvalue weighted by Crippen LogP contribution is 2.50. The first-order chi connectivity index (χ1) is 23.3. The third-order valence-electron chi connectivity index (χ3n) is 10.7. The molecule has 0 unspecified atom stereocenters. The first-order valence-corrected chi connectivity index (χ1v) is 16.7. The topological polar surface area (TPSA) is 131 Å². The molecular weight excluding hydrogens is 629 g/mol. The molecule has 0 spiro atoms. The van der Waals surface area contributed by atoms with Crippen molar-refractivity contribution in [2.45, 2.75) is 63.3 Å². The lowest BCUT2D eigenvalue weighted by Crippen LogP contribution is -2.61. The van der Waals surface area contributed by atoms with E-state index in [4.69, 9.17) is 0 Å². The molecule has 1 aromatic heterocycles. The first-order valence-electron chi connectivity index (χ1n) is 16.7. The number of carbonyl (C=O) groups excluding carboxylic acids is 3. The number of likely N-dealkylation sites (N-methyl/N-ethyl adjacent to an activating group) is 2. The lowest BCUT2D eigenvalue weighted by molar-refractivity contribution is -0.155. The number of rotatable bonds is 7. The summed E-state index contributed by atoms with van der Waals surface area (Å²) in [5.41, 5.74) is -0.553. The molecule has 1 saturated heterocycles. The summed E-state index contributed by atoms with van der Waals surface area (Å²) in [6.07, 6.45) is 2.06. The Morgan fingerprint density at radius 3 is 2.24 bits per heavy atom. The van der Waals surface area contributed by atoms with Crippen molar-refractivity contribution < 1.29 is 23.9 Å². The molecule has 2 N–H and O–H groups in total. The molecule has 0 radical (unpaired) electrons. The fourth-order valence-electron chi connectivity index (χ4n) is 7.75. The number of benzene rings is 2. The minimum Gasteiger partial charge on any atom is -0.501 e. The molecule has 2 aromatic carbocycles. The van der Waals surface area contributed by atoms with E-state index in [9.17, 15) is 28.7 Å². The Bertz CT molecular complexity index is 1810. The highest BCUT2D eigenvalue weighted by Gasteiger charge is 2.56. The molecular formula is C36H44FN7O5. The summed E-state index contributed by atoms with van der Waals surface area (Å²) in [4.78, 5) is 66.2. The summed E-state index contributed by atoms with van der Waals surface area (Å²) in [6, 6.07) is 14.8. The van der Waals surface area contributed by atoms with Crippen molar-refractivity contribution in [3.63, 3.8) is 0 Å². The summed E-state index contributed by atoms with van der Waals surface area (Å²) in [5, 5.41) is 13.9. The standard InChI is InChI=1S/C36H44FN7O5/c1-24-20-26(10-11-27(24)37)21-38-30(46)28-29(45)31(47)44-23-35(43-18-16-42(17-19-43)22-25-8-6-5-7-9-25)12-14-36(15-13-35,34(44)39-28)41(4)33(49)32(48)40(2)3/h5-11,20,45H,12-19,21-23H2,1-4H3,(H,38,46). The molecule has 2 fully saturated rings. The van der Waals surface area contributed by atoms with E-state index < -0.39 is 45.8 Å². The van der Waals surface area contributed by atoms with E-state index in [-0.39, 0.29) is 24.7 Å². The zero-order valence-electron chi connectivity index (χ0n) is 28.5. The average molecular weight is 674 g/mol. The second-order valence-electron chi connectivity index (χ2n) is 13.9. The fraction of sp³-hybridized carbons (Fsp3) is 0.472. The van der Waals surface area contributed by atoms with E-state index >= 15 is 0 Å². The average Bonchev–Trinajstić information content (AvgIpc) is 3.34. The summed E-state index contributed by atoms with van der Waals surface area (Å²) < 4.78 is 15.2. The van der Waals surface area contributed by atoms with Crippen molar-refractivity contribution in [1.29, 1.82) is 0 Å². The van der Waals surface area contributed by atoms with Gasteiger partial charge in [-0.15, -0.1) is 0 Å². The zero-order valence-corrected chi connectivity index (χ0v) is 28.5. The van der Waals surface area contributed by atoms with Crippen LogP contribution in [0.15, 0.2) is 53.3 Å². The van der Waals surface area contributed by atoms with Crippen LogP contribution < -0.4 is 10.9 Å². The molecule has 3 aliphatic heterocycles. The third kappa shape index (κ3) is 6.32. The summed E-state index contributed by atoms with van der Waals surface area (Å²) in [6.45, 7) is 5.95. The Labute approximate surface area is 285 Å². The van der Waals surface area contributed by atoms with E-state index in [1.54, 1.807) is 26.1 Å². The fourth-order valence-corrected chi connectivity index (χ4v) is 7.75. The molecule has 3 aromatic rings. The van der Waals surface area contributed by atoms with Gasteiger partial charge in [0.05, 0.1) is 0 Å². The number of aryl methyl sites for hydroxylation is 1. The van der Waals surface area contributed by atoms with Gasteiger partial charge in [-0.1, -0.05) is 42.5 Å². The van der Waals surface area contributed by atoms with E-state index in [1.807, 2.05) is 18.2 Å². The highest BCUT2D eigenvalue weighted by molar-refractivity contribution is 6.34. The monoisotopic (exact) mass is 673 g/mol. The molecule has 3 amide bonds. The van der Waals surface area contributed by atoms with Crippen LogP contribution in [0.4, 0.5) is 4.39 Å².